The van der Waals surface area contributed by atoms with E-state index in [-0.39, 0.29) is 17.1 Å². The van der Waals surface area contributed by atoms with Crippen LogP contribution in [0.15, 0.2) is 104 Å². The van der Waals surface area contributed by atoms with Crippen LogP contribution in [-0.2, 0) is 17.1 Å². The van der Waals surface area contributed by atoms with Crippen molar-refractivity contribution in [2.75, 3.05) is 0 Å². The molecular formula is C43H45BCuN7. The van der Waals surface area contributed by atoms with Gasteiger partial charge in [-0.1, -0.05) is 71.3 Å². The van der Waals surface area contributed by atoms with Crippen molar-refractivity contribution >= 4 is 7.12 Å². The van der Waals surface area contributed by atoms with E-state index in [1.807, 2.05) is 38.0 Å². The first-order valence-electron chi connectivity index (χ1n) is 17.5. The minimum Gasteiger partial charge on any atom is -0.402 e. The third kappa shape index (κ3) is 7.89. The largest absolute Gasteiger partial charge is 1.00 e. The van der Waals surface area contributed by atoms with Crippen molar-refractivity contribution < 1.29 is 17.1 Å². The van der Waals surface area contributed by atoms with Gasteiger partial charge >= 0.3 is 24.2 Å². The van der Waals surface area contributed by atoms with Crippen LogP contribution in [0, 0.1) is 73.6 Å². The standard InChI is InChI=1S/C36H40BN6.C7H5N.Cu/c1-22-16-25(4)34(26(5)17-22)31-10-13-41(38-31)37(42-14-11-32(39-42)35-27(6)18-23(2)19-28(35)7)43-15-12-33(40-43)36-29(8)20-24(3)21-30(36)9;8-6-7-4-2-1-3-5-7;/h10-21,37H,1-9H3;1-5H;/q-1;;+1. The van der Waals surface area contributed by atoms with Crippen LogP contribution in [0.3, 0.4) is 0 Å². The summed E-state index contributed by atoms with van der Waals surface area (Å²) in [5, 5.41) is 23.8. The van der Waals surface area contributed by atoms with Crippen LogP contribution in [0.1, 0.15) is 55.6 Å². The van der Waals surface area contributed by atoms with E-state index < -0.39 is 7.12 Å². The van der Waals surface area contributed by atoms with Crippen LogP contribution in [0.25, 0.3) is 33.8 Å². The number of aromatic nitrogens is 6. The summed E-state index contributed by atoms with van der Waals surface area (Å²) in [6.45, 7) is 19.4. The summed E-state index contributed by atoms with van der Waals surface area (Å²) in [4.78, 5) is 0. The molecule has 0 radical (unpaired) electrons. The molecule has 0 saturated heterocycles. The van der Waals surface area contributed by atoms with Gasteiger partial charge in [-0.25, -0.2) is 15.3 Å². The molecule has 7 aromatic rings. The molecule has 9 heteroatoms. The van der Waals surface area contributed by atoms with Crippen LogP contribution in [0.2, 0.25) is 0 Å². The molecule has 0 aliphatic heterocycles. The number of aryl methyl sites for hydroxylation is 9. The first-order chi connectivity index (χ1) is 24.4. The SMILES string of the molecule is Cc1cc(C)c(-c2ccn([BH-](n3ccc(-c4c(C)cc(C)cc4C)n3)n3ccc(-c4c(C)cc(C)cc4C)n3)n2)c(C)c1.N#Cc1ccccc1.[Cu+]. The molecule has 7 rings (SSSR count). The van der Waals surface area contributed by atoms with E-state index in [2.05, 4.69) is 136 Å². The Labute approximate surface area is 318 Å². The van der Waals surface area contributed by atoms with Crippen molar-refractivity contribution in [1.82, 2.24) is 29.1 Å². The second-order valence-corrected chi connectivity index (χ2v) is 13.9. The predicted molar refractivity (Wildman–Crippen MR) is 210 cm³/mol. The maximum Gasteiger partial charge on any atom is 1.00 e. The van der Waals surface area contributed by atoms with E-state index in [1.165, 1.54) is 66.8 Å². The van der Waals surface area contributed by atoms with Gasteiger partial charge in [0, 0.05) is 16.7 Å². The Morgan fingerprint density at radius 2 is 0.750 bits per heavy atom. The van der Waals surface area contributed by atoms with E-state index in [1.54, 1.807) is 12.1 Å². The van der Waals surface area contributed by atoms with Crippen molar-refractivity contribution in [2.24, 2.45) is 0 Å². The van der Waals surface area contributed by atoms with E-state index in [0.29, 0.717) is 5.56 Å². The summed E-state index contributed by atoms with van der Waals surface area (Å²) in [6, 6.07) is 30.9. The Morgan fingerprint density at radius 3 is 1.00 bits per heavy atom. The molecule has 0 aliphatic carbocycles. The quantitative estimate of drug-likeness (QED) is 0.160. The van der Waals surface area contributed by atoms with Crippen molar-refractivity contribution in [1.29, 1.82) is 5.26 Å². The van der Waals surface area contributed by atoms with Gasteiger partial charge in [-0.05, 0) is 145 Å². The van der Waals surface area contributed by atoms with Crippen LogP contribution in [-0.4, -0.2) is 36.2 Å². The van der Waals surface area contributed by atoms with Gasteiger partial charge in [0.25, 0.3) is 0 Å². The normalized spacial score (nSPS) is 10.8. The summed E-state index contributed by atoms with van der Waals surface area (Å²) >= 11 is 0. The summed E-state index contributed by atoms with van der Waals surface area (Å²) < 4.78 is 6.14. The molecule has 0 N–H and O–H groups in total. The Balaban J connectivity index is 0.000000515. The molecule has 0 spiro atoms. The summed E-state index contributed by atoms with van der Waals surface area (Å²) in [6.07, 6.45) is 6.21. The molecule has 0 unspecified atom stereocenters. The second-order valence-electron chi connectivity index (χ2n) is 13.9. The molecule has 52 heavy (non-hydrogen) atoms. The van der Waals surface area contributed by atoms with Crippen LogP contribution in [0.4, 0.5) is 0 Å². The van der Waals surface area contributed by atoms with E-state index >= 15 is 0 Å². The third-order valence-corrected chi connectivity index (χ3v) is 9.49. The van der Waals surface area contributed by atoms with Gasteiger partial charge in [0.2, 0.25) is 0 Å². The van der Waals surface area contributed by atoms with Gasteiger partial charge in [0.15, 0.2) is 0 Å². The monoisotopic (exact) mass is 733 g/mol. The van der Waals surface area contributed by atoms with Crippen LogP contribution in [0.5, 0.6) is 0 Å². The summed E-state index contributed by atoms with van der Waals surface area (Å²) in [5.74, 6) is 0. The molecule has 4 aromatic carbocycles. The molecule has 3 aromatic heterocycles. The summed E-state index contributed by atoms with van der Waals surface area (Å²) in [5.41, 5.74) is 18.3. The van der Waals surface area contributed by atoms with Crippen molar-refractivity contribution in [3.63, 3.8) is 0 Å². The fourth-order valence-electron chi connectivity index (χ4n) is 7.67. The molecule has 7 nitrogen and oxygen atoms in total. The van der Waals surface area contributed by atoms with Gasteiger partial charge in [-0.15, -0.1) is 0 Å². The first-order valence-corrected chi connectivity index (χ1v) is 17.5. The fraction of sp³-hybridized carbons (Fsp3) is 0.209. The maximum absolute atomic E-state index is 8.29. The van der Waals surface area contributed by atoms with E-state index in [9.17, 15) is 0 Å². The first kappa shape index (κ1) is 37.8. The predicted octanol–water partition coefficient (Wildman–Crippen LogP) is 9.27. The Kier molecular flexibility index (Phi) is 11.5. The van der Waals surface area contributed by atoms with Gasteiger partial charge in [-0.3, -0.25) is 0 Å². The molecule has 0 bridgehead atoms. The van der Waals surface area contributed by atoms with Crippen molar-refractivity contribution in [2.45, 2.75) is 62.3 Å². The average Bonchev–Trinajstić information content (AvgIpc) is 3.84. The zero-order valence-corrected chi connectivity index (χ0v) is 32.4. The van der Waals surface area contributed by atoms with Crippen molar-refractivity contribution in [3.05, 3.63) is 159 Å². The summed E-state index contributed by atoms with van der Waals surface area (Å²) in [7, 11) is -1.57. The minimum atomic E-state index is -1.57. The Hall–Kier alpha value is -5.42. The Morgan fingerprint density at radius 1 is 0.462 bits per heavy atom. The molecule has 266 valence electrons. The van der Waals surface area contributed by atoms with Crippen LogP contribution < -0.4 is 0 Å². The maximum atomic E-state index is 8.29. The van der Waals surface area contributed by atoms with Crippen LogP contribution >= 0.6 is 0 Å². The fourth-order valence-corrected chi connectivity index (χ4v) is 7.67. The number of benzene rings is 4. The zero-order chi connectivity index (χ0) is 36.4. The zero-order valence-electron chi connectivity index (χ0n) is 31.5. The van der Waals surface area contributed by atoms with Gasteiger partial charge in [-0.2, -0.15) is 5.26 Å². The van der Waals surface area contributed by atoms with E-state index in [4.69, 9.17) is 20.6 Å². The molecule has 0 saturated carbocycles. The topological polar surface area (TPSA) is 77.2 Å². The number of hydrogen-bond donors (Lipinski definition) is 0. The molecule has 0 atom stereocenters. The van der Waals surface area contributed by atoms with Gasteiger partial charge in [0.05, 0.1) is 28.7 Å². The van der Waals surface area contributed by atoms with Crippen molar-refractivity contribution in [3.8, 4) is 39.8 Å². The number of nitrogens with zero attached hydrogens (tertiary/aromatic N) is 7. The Bertz CT molecular complexity index is 2100. The van der Waals surface area contributed by atoms with E-state index in [0.717, 1.165) is 17.1 Å². The molecule has 0 fully saturated rings. The third-order valence-electron chi connectivity index (χ3n) is 9.49. The smallest absolute Gasteiger partial charge is 0.402 e. The van der Waals surface area contributed by atoms with Gasteiger partial charge in [0.1, 0.15) is 0 Å². The number of hydrogen-bond acceptors (Lipinski definition) is 4. The second kappa shape index (κ2) is 15.9. The number of rotatable bonds is 6. The number of nitriles is 1. The molecule has 3 heterocycles. The van der Waals surface area contributed by atoms with Gasteiger partial charge < -0.3 is 13.8 Å². The molecule has 0 amide bonds. The average molecular weight is 734 g/mol. The molecular weight excluding hydrogens is 689 g/mol. The molecule has 0 aliphatic rings. The minimum absolute atomic E-state index is 0.